The Morgan fingerprint density at radius 3 is 2.06 bits per heavy atom. The van der Waals surface area contributed by atoms with Gasteiger partial charge in [0, 0.05) is 26.2 Å². The molecule has 0 radical (unpaired) electrons. The Labute approximate surface area is 98.2 Å². The second-order valence-corrected chi connectivity index (χ2v) is 6.55. The van der Waals surface area contributed by atoms with Gasteiger partial charge in [-0.25, -0.2) is 0 Å². The molecule has 0 unspecified atom stereocenters. The van der Waals surface area contributed by atoms with E-state index in [1.54, 1.807) is 0 Å². The molecule has 96 valence electrons. The zero-order valence-corrected chi connectivity index (χ0v) is 11.3. The van der Waals surface area contributed by atoms with Crippen molar-refractivity contribution in [2.75, 3.05) is 26.2 Å². The summed E-state index contributed by atoms with van der Waals surface area (Å²) in [5.74, 6) is 0.0793. The van der Waals surface area contributed by atoms with Crippen molar-refractivity contribution in [1.29, 1.82) is 0 Å². The van der Waals surface area contributed by atoms with Crippen molar-refractivity contribution in [2.24, 2.45) is 5.92 Å². The molecule has 1 aliphatic heterocycles. The maximum Gasteiger partial charge on any atom is 0.282 e. The fourth-order valence-electron chi connectivity index (χ4n) is 1.81. The highest BCUT2D eigenvalue weighted by atomic mass is 32.2. The normalized spacial score (nSPS) is 21.4. The molecule has 1 aliphatic rings. The summed E-state index contributed by atoms with van der Waals surface area (Å²) >= 11 is 0. The third kappa shape index (κ3) is 2.25. The second-order valence-electron chi connectivity index (χ2n) is 4.62. The Morgan fingerprint density at radius 1 is 1.31 bits per heavy atom. The third-order valence-corrected chi connectivity index (χ3v) is 5.41. The summed E-state index contributed by atoms with van der Waals surface area (Å²) in [5, 5.41) is 10.0. The second kappa shape index (κ2) is 4.60. The lowest BCUT2D eigenvalue weighted by molar-refractivity contribution is -0.0949. The lowest BCUT2D eigenvalue weighted by Gasteiger charge is -2.48. The van der Waals surface area contributed by atoms with Gasteiger partial charge in [0.2, 0.25) is 0 Å². The van der Waals surface area contributed by atoms with E-state index in [1.807, 2.05) is 27.7 Å². The molecule has 1 saturated heterocycles. The highest BCUT2D eigenvalue weighted by molar-refractivity contribution is 7.86. The van der Waals surface area contributed by atoms with Crippen LogP contribution in [0.3, 0.4) is 0 Å². The van der Waals surface area contributed by atoms with Crippen molar-refractivity contribution >= 4 is 10.2 Å². The number of hydrogen-bond acceptors (Lipinski definition) is 3. The summed E-state index contributed by atoms with van der Waals surface area (Å²) in [6.45, 7) is 8.80. The molecule has 1 fully saturated rings. The van der Waals surface area contributed by atoms with E-state index in [9.17, 15) is 13.5 Å². The van der Waals surface area contributed by atoms with Gasteiger partial charge < -0.3 is 5.11 Å². The van der Waals surface area contributed by atoms with Crippen molar-refractivity contribution in [3.8, 4) is 0 Å². The lowest BCUT2D eigenvalue weighted by atomic mass is 9.85. The predicted molar refractivity (Wildman–Crippen MR) is 63.2 cm³/mol. The average molecular weight is 250 g/mol. The standard InChI is InChI=1S/C10H22N2O3S/c1-5-11(6-2)16(14,15)12-7-10(13,8-12)9(3)4/h9,13H,5-8H2,1-4H3. The maximum absolute atomic E-state index is 12.0. The first-order chi connectivity index (χ1) is 7.28. The topological polar surface area (TPSA) is 60.9 Å². The van der Waals surface area contributed by atoms with E-state index in [1.165, 1.54) is 8.61 Å². The summed E-state index contributed by atoms with van der Waals surface area (Å²) in [6, 6.07) is 0. The minimum absolute atomic E-state index is 0.0793. The predicted octanol–water partition coefficient (Wildman–Crippen LogP) is 0.276. The zero-order valence-electron chi connectivity index (χ0n) is 10.5. The number of hydrogen-bond donors (Lipinski definition) is 1. The molecule has 1 N–H and O–H groups in total. The Balaban J connectivity index is 2.70. The summed E-state index contributed by atoms with van der Waals surface area (Å²) in [7, 11) is -3.36. The van der Waals surface area contributed by atoms with Gasteiger partial charge >= 0.3 is 0 Å². The Bertz CT molecular complexity index is 330. The molecule has 0 saturated carbocycles. The van der Waals surface area contributed by atoms with Crippen LogP contribution in [0.15, 0.2) is 0 Å². The highest BCUT2D eigenvalue weighted by Crippen LogP contribution is 2.31. The molecule has 16 heavy (non-hydrogen) atoms. The van der Waals surface area contributed by atoms with Crippen molar-refractivity contribution < 1.29 is 13.5 Å². The largest absolute Gasteiger partial charge is 0.387 e. The first kappa shape index (κ1) is 13.9. The first-order valence-electron chi connectivity index (χ1n) is 5.75. The van der Waals surface area contributed by atoms with Crippen molar-refractivity contribution in [3.05, 3.63) is 0 Å². The first-order valence-corrected chi connectivity index (χ1v) is 7.15. The maximum atomic E-state index is 12.0. The quantitative estimate of drug-likeness (QED) is 0.762. The molecule has 0 amide bonds. The highest BCUT2D eigenvalue weighted by Gasteiger charge is 2.49. The van der Waals surface area contributed by atoms with E-state index in [-0.39, 0.29) is 19.0 Å². The van der Waals surface area contributed by atoms with Crippen LogP contribution in [-0.2, 0) is 10.2 Å². The summed E-state index contributed by atoms with van der Waals surface area (Å²) in [5.41, 5.74) is -0.847. The van der Waals surface area contributed by atoms with Crippen LogP contribution >= 0.6 is 0 Å². The van der Waals surface area contributed by atoms with E-state index in [0.29, 0.717) is 13.1 Å². The van der Waals surface area contributed by atoms with E-state index in [2.05, 4.69) is 0 Å². The number of nitrogens with zero attached hydrogens (tertiary/aromatic N) is 2. The SMILES string of the molecule is CCN(CC)S(=O)(=O)N1CC(O)(C(C)C)C1. The summed E-state index contributed by atoms with van der Waals surface area (Å²) < 4.78 is 26.8. The van der Waals surface area contributed by atoms with Crippen molar-refractivity contribution in [2.45, 2.75) is 33.3 Å². The van der Waals surface area contributed by atoms with Crippen LogP contribution in [0.2, 0.25) is 0 Å². The smallest absolute Gasteiger partial charge is 0.282 e. The Hall–Kier alpha value is -0.170. The van der Waals surface area contributed by atoms with Crippen LogP contribution < -0.4 is 0 Å². The van der Waals surface area contributed by atoms with Gasteiger partial charge in [0.1, 0.15) is 0 Å². The van der Waals surface area contributed by atoms with Crippen molar-refractivity contribution in [3.63, 3.8) is 0 Å². The van der Waals surface area contributed by atoms with Gasteiger partial charge in [0.25, 0.3) is 10.2 Å². The van der Waals surface area contributed by atoms with Gasteiger partial charge in [-0.3, -0.25) is 0 Å². The van der Waals surface area contributed by atoms with Crippen LogP contribution in [-0.4, -0.2) is 53.9 Å². The van der Waals surface area contributed by atoms with Crippen LogP contribution in [0.5, 0.6) is 0 Å². The molecule has 0 aliphatic carbocycles. The number of aliphatic hydroxyl groups is 1. The minimum atomic E-state index is -3.36. The number of rotatable bonds is 5. The molecule has 6 heteroatoms. The molecule has 0 spiro atoms. The van der Waals surface area contributed by atoms with E-state index in [0.717, 1.165) is 0 Å². The zero-order chi connectivity index (χ0) is 12.6. The van der Waals surface area contributed by atoms with E-state index in [4.69, 9.17) is 0 Å². The molecular formula is C10H22N2O3S. The van der Waals surface area contributed by atoms with Gasteiger partial charge in [0.05, 0.1) is 5.60 Å². The summed E-state index contributed by atoms with van der Waals surface area (Å²) in [4.78, 5) is 0. The summed E-state index contributed by atoms with van der Waals surface area (Å²) in [6.07, 6.45) is 0. The molecule has 0 aromatic carbocycles. The van der Waals surface area contributed by atoms with Gasteiger partial charge in [-0.1, -0.05) is 27.7 Å². The Morgan fingerprint density at radius 2 is 1.75 bits per heavy atom. The van der Waals surface area contributed by atoms with Gasteiger partial charge in [-0.15, -0.1) is 0 Å². The molecule has 1 rings (SSSR count). The van der Waals surface area contributed by atoms with Gasteiger partial charge in [0.15, 0.2) is 0 Å². The van der Waals surface area contributed by atoms with Crippen molar-refractivity contribution in [1.82, 2.24) is 8.61 Å². The van der Waals surface area contributed by atoms with Crippen LogP contribution in [0.25, 0.3) is 0 Å². The molecule has 5 nitrogen and oxygen atoms in total. The Kier molecular flexibility index (Phi) is 3.99. The molecule has 0 atom stereocenters. The fourth-order valence-corrected chi connectivity index (χ4v) is 3.56. The molecule has 0 bridgehead atoms. The van der Waals surface area contributed by atoms with Crippen LogP contribution in [0, 0.1) is 5.92 Å². The van der Waals surface area contributed by atoms with Gasteiger partial charge in [-0.2, -0.15) is 17.0 Å². The monoisotopic (exact) mass is 250 g/mol. The molecule has 0 aromatic heterocycles. The van der Waals surface area contributed by atoms with Gasteiger partial charge in [-0.05, 0) is 5.92 Å². The van der Waals surface area contributed by atoms with E-state index < -0.39 is 15.8 Å². The molecular weight excluding hydrogens is 228 g/mol. The average Bonchev–Trinajstić information content (AvgIpc) is 2.13. The van der Waals surface area contributed by atoms with E-state index >= 15 is 0 Å². The minimum Gasteiger partial charge on any atom is -0.387 e. The lowest BCUT2D eigenvalue weighted by Crippen LogP contribution is -2.67. The molecule has 1 heterocycles. The van der Waals surface area contributed by atoms with Crippen LogP contribution in [0.1, 0.15) is 27.7 Å². The third-order valence-electron chi connectivity index (χ3n) is 3.33. The fraction of sp³-hybridized carbons (Fsp3) is 1.00. The van der Waals surface area contributed by atoms with Crippen LogP contribution in [0.4, 0.5) is 0 Å². The molecule has 0 aromatic rings. The number of β-amino-alcohol motifs (C(OH)–C–C–N with tert-alkyl or cyclic N) is 1.